The molecule has 7 rings (SSSR count). The first-order valence-corrected chi connectivity index (χ1v) is 13.0. The van der Waals surface area contributed by atoms with E-state index in [2.05, 4.69) is 29.7 Å². The van der Waals surface area contributed by atoms with Gasteiger partial charge in [0.25, 0.3) is 5.91 Å². The van der Waals surface area contributed by atoms with Crippen molar-refractivity contribution in [3.05, 3.63) is 65.2 Å². The molecular weight excluding hydrogens is 424 g/mol. The summed E-state index contributed by atoms with van der Waals surface area (Å²) in [5, 5.41) is 10.6. The molecule has 0 aromatic heterocycles. The van der Waals surface area contributed by atoms with Gasteiger partial charge >= 0.3 is 0 Å². The van der Waals surface area contributed by atoms with Gasteiger partial charge in [-0.1, -0.05) is 38.1 Å². The second kappa shape index (κ2) is 7.08. The van der Waals surface area contributed by atoms with Crippen LogP contribution in [0.1, 0.15) is 54.6 Å². The summed E-state index contributed by atoms with van der Waals surface area (Å²) in [4.78, 5) is 18.4. The molecule has 3 aliphatic heterocycles. The number of benzene rings is 2. The van der Waals surface area contributed by atoms with E-state index < -0.39 is 0 Å². The van der Waals surface area contributed by atoms with Crippen LogP contribution < -0.4 is 0 Å². The maximum Gasteiger partial charge on any atom is 0.254 e. The number of phenols is 1. The number of aromatic hydroxyl groups is 1. The van der Waals surface area contributed by atoms with Crippen LogP contribution in [0.3, 0.4) is 0 Å². The molecule has 2 aromatic rings. The molecule has 5 aliphatic rings. The topological polar surface area (TPSA) is 53.0 Å². The fraction of sp³-hybridized carbons (Fsp3) is 0.552. The second-order valence-corrected chi connectivity index (χ2v) is 11.7. The van der Waals surface area contributed by atoms with E-state index in [0.717, 1.165) is 44.3 Å². The summed E-state index contributed by atoms with van der Waals surface area (Å²) in [7, 11) is 0. The van der Waals surface area contributed by atoms with Gasteiger partial charge in [0, 0.05) is 42.1 Å². The number of piperidine rings is 1. The summed E-state index contributed by atoms with van der Waals surface area (Å²) in [6.45, 7) is 7.45. The van der Waals surface area contributed by atoms with Gasteiger partial charge in [-0.3, -0.25) is 9.69 Å². The number of nitrogens with zero attached hydrogens (tertiary/aromatic N) is 2. The minimum atomic E-state index is -0.214. The Kier molecular flexibility index (Phi) is 4.36. The van der Waals surface area contributed by atoms with Gasteiger partial charge in [-0.15, -0.1) is 0 Å². The second-order valence-electron chi connectivity index (χ2n) is 11.7. The number of fused-ring (bicyclic) bond motifs is 1. The SMILES string of the molecule is CC(C)CN1CC[C@@]23c4cc(O)ccc4C[C@@H]1[C@]21CC[C@@H]2[C@H]3[C@@H](CN2C(=O)c2ccccc2)O1. The van der Waals surface area contributed by atoms with Crippen LogP contribution in [-0.4, -0.2) is 64.2 Å². The molecule has 6 atom stereocenters. The largest absolute Gasteiger partial charge is 0.508 e. The zero-order valence-electron chi connectivity index (χ0n) is 20.1. The highest BCUT2D eigenvalue weighted by molar-refractivity contribution is 5.94. The Morgan fingerprint density at radius 3 is 2.79 bits per heavy atom. The van der Waals surface area contributed by atoms with Gasteiger partial charge < -0.3 is 14.7 Å². The van der Waals surface area contributed by atoms with E-state index in [0.29, 0.717) is 30.2 Å². The summed E-state index contributed by atoms with van der Waals surface area (Å²) < 4.78 is 7.23. The lowest BCUT2D eigenvalue weighted by Crippen LogP contribution is -2.74. The molecular formula is C29H34N2O3. The number of likely N-dealkylation sites (tertiary alicyclic amines) is 2. The first-order chi connectivity index (χ1) is 16.4. The van der Waals surface area contributed by atoms with Crippen molar-refractivity contribution in [3.8, 4) is 5.75 Å². The number of hydrogen-bond acceptors (Lipinski definition) is 4. The number of carbonyl (C=O) groups is 1. The van der Waals surface area contributed by atoms with Gasteiger partial charge in [0.2, 0.25) is 0 Å². The van der Waals surface area contributed by atoms with Gasteiger partial charge in [0.15, 0.2) is 0 Å². The first kappa shape index (κ1) is 21.0. The maximum atomic E-state index is 13.6. The monoisotopic (exact) mass is 458 g/mol. The van der Waals surface area contributed by atoms with Gasteiger partial charge in [0.05, 0.1) is 11.7 Å². The van der Waals surface area contributed by atoms with Gasteiger partial charge in [-0.05, 0) is 73.5 Å². The predicted octanol–water partition coefficient (Wildman–Crippen LogP) is 3.99. The molecule has 5 heteroatoms. The lowest BCUT2D eigenvalue weighted by molar-refractivity contribution is -0.171. The zero-order chi connectivity index (χ0) is 23.2. The van der Waals surface area contributed by atoms with Crippen LogP contribution in [0.15, 0.2) is 48.5 Å². The Hall–Kier alpha value is -2.37. The highest BCUT2D eigenvalue weighted by Crippen LogP contribution is 2.69. The van der Waals surface area contributed by atoms with Gasteiger partial charge in [0.1, 0.15) is 5.75 Å². The lowest BCUT2D eigenvalue weighted by Gasteiger charge is -2.65. The summed E-state index contributed by atoms with van der Waals surface area (Å²) in [5.74, 6) is 1.38. The highest BCUT2D eigenvalue weighted by atomic mass is 16.5. The molecule has 1 saturated carbocycles. The summed E-state index contributed by atoms with van der Waals surface area (Å²) >= 11 is 0. The molecule has 0 spiro atoms. The molecule has 0 unspecified atom stereocenters. The third-order valence-corrected chi connectivity index (χ3v) is 9.73. The van der Waals surface area contributed by atoms with Crippen LogP contribution in [0.4, 0.5) is 0 Å². The third-order valence-electron chi connectivity index (χ3n) is 9.73. The van der Waals surface area contributed by atoms with Crippen molar-refractivity contribution in [2.75, 3.05) is 19.6 Å². The first-order valence-electron chi connectivity index (χ1n) is 13.0. The van der Waals surface area contributed by atoms with Crippen molar-refractivity contribution >= 4 is 5.91 Å². The number of amides is 1. The van der Waals surface area contributed by atoms with E-state index in [1.54, 1.807) is 0 Å². The van der Waals surface area contributed by atoms with E-state index in [-0.39, 0.29) is 29.1 Å². The fourth-order valence-corrected chi connectivity index (χ4v) is 8.84. The van der Waals surface area contributed by atoms with Crippen molar-refractivity contribution < 1.29 is 14.6 Å². The minimum absolute atomic E-state index is 0.0648. The Labute approximate surface area is 201 Å². The summed E-state index contributed by atoms with van der Waals surface area (Å²) in [6, 6.07) is 16.3. The molecule has 4 fully saturated rings. The van der Waals surface area contributed by atoms with Crippen molar-refractivity contribution in [1.29, 1.82) is 0 Å². The average molecular weight is 459 g/mol. The Morgan fingerprint density at radius 1 is 1.18 bits per heavy atom. The average Bonchev–Trinajstić information content (AvgIpc) is 3.27. The van der Waals surface area contributed by atoms with E-state index >= 15 is 0 Å². The number of carbonyl (C=O) groups excluding carboxylic acids is 1. The van der Waals surface area contributed by atoms with E-state index in [1.807, 2.05) is 42.5 Å². The highest BCUT2D eigenvalue weighted by Gasteiger charge is 2.78. The smallest absolute Gasteiger partial charge is 0.254 e. The number of rotatable bonds is 3. The van der Waals surface area contributed by atoms with Crippen molar-refractivity contribution in [1.82, 2.24) is 9.80 Å². The molecule has 5 nitrogen and oxygen atoms in total. The quantitative estimate of drug-likeness (QED) is 0.756. The number of hydrogen-bond donors (Lipinski definition) is 1. The van der Waals surface area contributed by atoms with Crippen molar-refractivity contribution in [2.24, 2.45) is 11.8 Å². The summed E-state index contributed by atoms with van der Waals surface area (Å²) in [6.07, 6.45) is 4.08. The fourth-order valence-electron chi connectivity index (χ4n) is 8.84. The van der Waals surface area contributed by atoms with Crippen LogP contribution in [0.2, 0.25) is 0 Å². The predicted molar refractivity (Wildman–Crippen MR) is 130 cm³/mol. The molecule has 3 saturated heterocycles. The molecule has 2 aromatic carbocycles. The lowest BCUT2D eigenvalue weighted by atomic mass is 9.46. The number of ether oxygens (including phenoxy) is 1. The zero-order valence-corrected chi connectivity index (χ0v) is 20.1. The van der Waals surface area contributed by atoms with Crippen LogP contribution in [0, 0.1) is 11.8 Å². The standard InChI is InChI=1S/C29H34N2O3/c1-18(2)16-30-13-12-28-22-15-21(32)9-8-20(22)14-25(30)29(28)11-10-23-26(28)24(34-29)17-31(23)27(33)19-6-4-3-5-7-19/h3-9,15,18,23-26,32H,10-14,16-17H2,1-2H3/t23-,24-,25-,26+,28+,29-/m1/s1. The Bertz CT molecular complexity index is 1150. The molecule has 1 amide bonds. The third kappa shape index (κ3) is 2.50. The molecule has 178 valence electrons. The van der Waals surface area contributed by atoms with Crippen LogP contribution in [0.25, 0.3) is 0 Å². The van der Waals surface area contributed by atoms with Crippen molar-refractivity contribution in [2.45, 2.75) is 68.7 Å². The number of phenolic OH excluding ortho intramolecular Hbond substituents is 1. The molecule has 3 heterocycles. The Balaban J connectivity index is 1.35. The van der Waals surface area contributed by atoms with Crippen LogP contribution in [-0.2, 0) is 16.6 Å². The molecule has 0 radical (unpaired) electrons. The minimum Gasteiger partial charge on any atom is -0.508 e. The van der Waals surface area contributed by atoms with Crippen LogP contribution in [0.5, 0.6) is 5.75 Å². The van der Waals surface area contributed by atoms with Gasteiger partial charge in [-0.25, -0.2) is 0 Å². The summed E-state index contributed by atoms with van der Waals surface area (Å²) in [5.41, 5.74) is 3.10. The van der Waals surface area contributed by atoms with Crippen molar-refractivity contribution in [3.63, 3.8) is 0 Å². The molecule has 34 heavy (non-hydrogen) atoms. The Morgan fingerprint density at radius 2 is 2.00 bits per heavy atom. The van der Waals surface area contributed by atoms with Crippen LogP contribution >= 0.6 is 0 Å². The van der Waals surface area contributed by atoms with E-state index in [4.69, 9.17) is 4.74 Å². The molecule has 1 N–H and O–H groups in total. The maximum absolute atomic E-state index is 13.6. The van der Waals surface area contributed by atoms with E-state index in [9.17, 15) is 9.90 Å². The molecule has 2 aliphatic carbocycles. The molecule has 4 bridgehead atoms. The normalized spacial score (nSPS) is 37.6. The van der Waals surface area contributed by atoms with E-state index in [1.165, 1.54) is 11.1 Å². The van der Waals surface area contributed by atoms with Gasteiger partial charge in [-0.2, -0.15) is 0 Å².